The van der Waals surface area contributed by atoms with Crippen LogP contribution in [-0.2, 0) is 41.6 Å². The van der Waals surface area contributed by atoms with Crippen LogP contribution >= 0.6 is 0 Å². The van der Waals surface area contributed by atoms with Crippen molar-refractivity contribution in [2.24, 2.45) is 10.8 Å². The number of benzene rings is 6. The van der Waals surface area contributed by atoms with Crippen molar-refractivity contribution in [3.63, 3.8) is 0 Å². The monoisotopic (exact) mass is 965 g/mol. The number of ether oxygens (including phenoxy) is 6. The number of hydrogen-bond acceptors (Lipinski definition) is 8. The lowest BCUT2D eigenvalue weighted by Crippen LogP contribution is -2.45. The van der Waals surface area contributed by atoms with E-state index in [0.29, 0.717) is 25.8 Å². The Labute approximate surface area is 423 Å². The molecule has 6 aromatic carbocycles. The van der Waals surface area contributed by atoms with Crippen LogP contribution < -0.4 is 0 Å². The van der Waals surface area contributed by atoms with Gasteiger partial charge in [-0.15, -0.1) is 0 Å². The summed E-state index contributed by atoms with van der Waals surface area (Å²) in [6, 6.07) is 47.7. The summed E-state index contributed by atoms with van der Waals surface area (Å²) in [5, 5.41) is 5.67. The summed E-state index contributed by atoms with van der Waals surface area (Å²) in [4.78, 5) is 10.8. The van der Waals surface area contributed by atoms with Gasteiger partial charge in [-0.1, -0.05) is 98.8 Å². The van der Waals surface area contributed by atoms with Crippen molar-refractivity contribution in [1.82, 2.24) is 19.1 Å². The SMILES string of the molecule is CCC1(COCCCCCOCc2ccc3c(c2)c2c(ccc4c5cc(COCCCCCOCC6(CC)COC6)ccc5n(-c5ccccc5)c42)n3-c2nc(-c3ccccc3)c3ccccc3n2)COC1. The maximum absolute atomic E-state index is 6.41. The van der Waals surface area contributed by atoms with E-state index in [9.17, 15) is 0 Å². The molecular weight excluding hydrogens is 897 g/mol. The second kappa shape index (κ2) is 22.0. The molecule has 0 bridgehead atoms. The van der Waals surface area contributed by atoms with Crippen LogP contribution in [0.5, 0.6) is 0 Å². The zero-order valence-corrected chi connectivity index (χ0v) is 42.1. The molecule has 0 saturated carbocycles. The van der Waals surface area contributed by atoms with Crippen molar-refractivity contribution >= 4 is 54.5 Å². The van der Waals surface area contributed by atoms with E-state index in [0.717, 1.165) is 183 Å². The molecule has 372 valence electrons. The number of para-hydroxylation sites is 2. The van der Waals surface area contributed by atoms with E-state index in [1.165, 1.54) is 10.8 Å². The summed E-state index contributed by atoms with van der Waals surface area (Å²) >= 11 is 0. The van der Waals surface area contributed by atoms with Crippen LogP contribution in [0.15, 0.2) is 133 Å². The molecule has 11 rings (SSSR count). The molecule has 2 aliphatic heterocycles. The zero-order chi connectivity index (χ0) is 48.7. The summed E-state index contributed by atoms with van der Waals surface area (Å²) in [6.07, 6.45) is 8.45. The van der Waals surface area contributed by atoms with Crippen molar-refractivity contribution in [3.8, 4) is 22.9 Å². The van der Waals surface area contributed by atoms with Gasteiger partial charge in [-0.3, -0.25) is 4.57 Å². The minimum atomic E-state index is 0.230. The molecule has 2 saturated heterocycles. The van der Waals surface area contributed by atoms with Crippen molar-refractivity contribution in [1.29, 1.82) is 0 Å². The fraction of sp³-hybridized carbons (Fsp3) is 0.387. The lowest BCUT2D eigenvalue weighted by Gasteiger charge is -2.40. The number of nitrogens with zero attached hydrogens (tertiary/aromatic N) is 4. The molecule has 9 aromatic rings. The Morgan fingerprint density at radius 3 is 1.62 bits per heavy atom. The summed E-state index contributed by atoms with van der Waals surface area (Å²) in [5.74, 6) is 0.633. The number of aromatic nitrogens is 4. The molecule has 72 heavy (non-hydrogen) atoms. The van der Waals surface area contributed by atoms with Gasteiger partial charge in [-0.05, 0) is 111 Å². The largest absolute Gasteiger partial charge is 0.381 e. The zero-order valence-electron chi connectivity index (χ0n) is 42.1. The highest BCUT2D eigenvalue weighted by Crippen LogP contribution is 2.43. The van der Waals surface area contributed by atoms with Crippen LogP contribution in [0.3, 0.4) is 0 Å². The van der Waals surface area contributed by atoms with E-state index in [-0.39, 0.29) is 10.8 Å². The first-order valence-electron chi connectivity index (χ1n) is 26.4. The van der Waals surface area contributed by atoms with Crippen LogP contribution in [0.4, 0.5) is 0 Å². The van der Waals surface area contributed by atoms with E-state index in [4.69, 9.17) is 38.4 Å². The van der Waals surface area contributed by atoms with Gasteiger partial charge in [0, 0.05) is 75.4 Å². The van der Waals surface area contributed by atoms with E-state index in [1.807, 2.05) is 6.07 Å². The quantitative estimate of drug-likeness (QED) is 0.0523. The normalized spacial score (nSPS) is 15.2. The van der Waals surface area contributed by atoms with Gasteiger partial charge >= 0.3 is 0 Å². The molecule has 0 amide bonds. The molecule has 10 nitrogen and oxygen atoms in total. The number of hydrogen-bond donors (Lipinski definition) is 0. The third kappa shape index (κ3) is 9.93. The highest BCUT2D eigenvalue weighted by atomic mass is 16.5. The number of rotatable bonds is 25. The third-order valence-electron chi connectivity index (χ3n) is 15.3. The standard InChI is InChI=1S/C62H68N4O6/c1-3-61(41-71-42-61)39-69-33-17-7-15-31-67-37-45-25-28-54-51(35-45)49-27-30-56-57(59(49)65(54)48-21-11-6-12-22-48)52-36-46(38-68-32-16-8-18-34-70-40-62(4-2)43-72-44-62)26-29-55(52)66(56)60-63-53-24-14-13-23-50(53)58(64-60)47-19-9-5-10-20-47/h5-6,9-14,19-30,35-36H,3-4,7-8,15-18,31-34,37-44H2,1-2H3. The number of unbranched alkanes of at least 4 members (excludes halogenated alkanes) is 4. The summed E-state index contributed by atoms with van der Waals surface area (Å²) in [5.41, 5.74) is 11.1. The van der Waals surface area contributed by atoms with Gasteiger partial charge in [-0.2, -0.15) is 0 Å². The van der Waals surface area contributed by atoms with Gasteiger partial charge < -0.3 is 33.0 Å². The molecule has 2 aliphatic rings. The first-order chi connectivity index (χ1) is 35.6. The summed E-state index contributed by atoms with van der Waals surface area (Å²) < 4.78 is 40.5. The molecule has 0 spiro atoms. The second-order valence-corrected chi connectivity index (χ2v) is 20.3. The van der Waals surface area contributed by atoms with Gasteiger partial charge in [0.25, 0.3) is 0 Å². The van der Waals surface area contributed by atoms with Gasteiger partial charge in [0.2, 0.25) is 5.95 Å². The second-order valence-electron chi connectivity index (χ2n) is 20.3. The lowest BCUT2D eigenvalue weighted by atomic mass is 9.84. The molecule has 5 heterocycles. The smallest absolute Gasteiger partial charge is 0.235 e. The van der Waals surface area contributed by atoms with E-state index < -0.39 is 0 Å². The minimum Gasteiger partial charge on any atom is -0.381 e. The van der Waals surface area contributed by atoms with Crippen LogP contribution in [-0.4, -0.2) is 85.2 Å². The van der Waals surface area contributed by atoms with Gasteiger partial charge in [-0.25, -0.2) is 9.97 Å². The Kier molecular flexibility index (Phi) is 14.8. The van der Waals surface area contributed by atoms with Gasteiger partial charge in [0.05, 0.1) is 86.1 Å². The van der Waals surface area contributed by atoms with Crippen molar-refractivity contribution in [3.05, 3.63) is 145 Å². The van der Waals surface area contributed by atoms with Gasteiger partial charge in [0.15, 0.2) is 0 Å². The Morgan fingerprint density at radius 2 is 1.03 bits per heavy atom. The molecule has 0 radical (unpaired) electrons. The lowest BCUT2D eigenvalue weighted by molar-refractivity contribution is -0.150. The summed E-state index contributed by atoms with van der Waals surface area (Å²) in [7, 11) is 0. The summed E-state index contributed by atoms with van der Waals surface area (Å²) in [6.45, 7) is 13.4. The predicted molar refractivity (Wildman–Crippen MR) is 289 cm³/mol. The molecule has 0 aliphatic carbocycles. The van der Waals surface area contributed by atoms with E-state index >= 15 is 0 Å². The topological polar surface area (TPSA) is 91.0 Å². The average molecular weight is 965 g/mol. The Balaban J connectivity index is 0.913. The molecule has 2 fully saturated rings. The molecule has 10 heteroatoms. The molecule has 0 atom stereocenters. The third-order valence-corrected chi connectivity index (χ3v) is 15.3. The van der Waals surface area contributed by atoms with Crippen molar-refractivity contribution in [2.75, 3.05) is 66.1 Å². The van der Waals surface area contributed by atoms with Crippen LogP contribution in [0.2, 0.25) is 0 Å². The fourth-order valence-electron chi connectivity index (χ4n) is 10.6. The van der Waals surface area contributed by atoms with Crippen molar-refractivity contribution < 1.29 is 28.4 Å². The Morgan fingerprint density at radius 1 is 0.486 bits per heavy atom. The minimum absolute atomic E-state index is 0.230. The molecular formula is C62H68N4O6. The molecule has 0 N–H and O–H groups in total. The predicted octanol–water partition coefficient (Wildman–Crippen LogP) is 13.8. The van der Waals surface area contributed by atoms with Crippen molar-refractivity contribution in [2.45, 2.75) is 78.4 Å². The first-order valence-corrected chi connectivity index (χ1v) is 26.4. The van der Waals surface area contributed by atoms with Crippen LogP contribution in [0.25, 0.3) is 77.4 Å². The van der Waals surface area contributed by atoms with E-state index in [1.54, 1.807) is 0 Å². The van der Waals surface area contributed by atoms with Crippen LogP contribution in [0.1, 0.15) is 76.3 Å². The molecule has 0 unspecified atom stereocenters. The van der Waals surface area contributed by atoms with Crippen LogP contribution in [0, 0.1) is 10.8 Å². The Bertz CT molecular complexity index is 3260. The highest BCUT2D eigenvalue weighted by molar-refractivity contribution is 6.26. The van der Waals surface area contributed by atoms with Gasteiger partial charge in [0.1, 0.15) is 0 Å². The maximum atomic E-state index is 6.41. The fourth-order valence-corrected chi connectivity index (χ4v) is 10.6. The van der Waals surface area contributed by atoms with E-state index in [2.05, 4.69) is 150 Å². The Hall–Kier alpha value is -5.98. The average Bonchev–Trinajstić information content (AvgIpc) is 3.91. The molecule has 3 aromatic heterocycles. The highest BCUT2D eigenvalue weighted by Gasteiger charge is 2.37. The maximum Gasteiger partial charge on any atom is 0.235 e. The number of fused-ring (bicyclic) bond motifs is 8. The first kappa shape index (κ1) is 48.3.